The van der Waals surface area contributed by atoms with Gasteiger partial charge in [-0.15, -0.1) is 0 Å². The summed E-state index contributed by atoms with van der Waals surface area (Å²) in [6.07, 6.45) is 4.75. The predicted molar refractivity (Wildman–Crippen MR) is 102 cm³/mol. The number of aliphatic hydroxyl groups excluding tert-OH is 1. The maximum Gasteiger partial charge on any atom is 0.0843 e. The number of nitrogens with one attached hydrogen (secondary N) is 1. The highest BCUT2D eigenvalue weighted by atomic mass is 35.5. The van der Waals surface area contributed by atoms with Gasteiger partial charge < -0.3 is 15.0 Å². The lowest BCUT2D eigenvalue weighted by atomic mass is 9.86. The summed E-state index contributed by atoms with van der Waals surface area (Å²) in [6.45, 7) is 7.76. The third kappa shape index (κ3) is 3.49. The Morgan fingerprint density at radius 3 is 2.79 bits per heavy atom. The van der Waals surface area contributed by atoms with Gasteiger partial charge in [0.15, 0.2) is 0 Å². The van der Waals surface area contributed by atoms with Crippen LogP contribution in [0.2, 0.25) is 5.02 Å². The number of aromatic nitrogens is 1. The average molecular weight is 349 g/mol. The minimum Gasteiger partial charge on any atom is -0.390 e. The zero-order chi connectivity index (χ0) is 17.3. The second-order valence-corrected chi connectivity index (χ2v) is 7.79. The lowest BCUT2D eigenvalue weighted by Gasteiger charge is -2.30. The molecule has 0 bridgehead atoms. The Bertz CT molecular complexity index is 709. The van der Waals surface area contributed by atoms with E-state index in [1.165, 1.54) is 42.3 Å². The summed E-state index contributed by atoms with van der Waals surface area (Å²) < 4.78 is 2.17. The highest BCUT2D eigenvalue weighted by molar-refractivity contribution is 6.35. The first kappa shape index (κ1) is 17.8. The summed E-state index contributed by atoms with van der Waals surface area (Å²) in [7, 11) is 0. The highest BCUT2D eigenvalue weighted by Crippen LogP contribution is 2.31. The number of para-hydroxylation sites is 1. The molecule has 3 nitrogen and oxygen atoms in total. The van der Waals surface area contributed by atoms with Gasteiger partial charge in [0.05, 0.1) is 23.2 Å². The van der Waals surface area contributed by atoms with Crippen LogP contribution in [0, 0.1) is 19.8 Å². The molecule has 1 aliphatic carbocycles. The smallest absolute Gasteiger partial charge is 0.0843 e. The number of hydrogen-bond acceptors (Lipinski definition) is 2. The van der Waals surface area contributed by atoms with Gasteiger partial charge in [-0.25, -0.2) is 0 Å². The fourth-order valence-corrected chi connectivity index (χ4v) is 4.34. The second-order valence-electron chi connectivity index (χ2n) is 7.39. The zero-order valence-electron chi connectivity index (χ0n) is 15.0. The van der Waals surface area contributed by atoms with Crippen LogP contribution in [0.5, 0.6) is 0 Å². The number of halogens is 1. The molecule has 1 aromatic heterocycles. The standard InChI is InChI=1S/C20H29ClN2O/c1-13-7-4-5-10-19(13)22-11-16(24)12-23-15(3)14(2)17-8-6-9-18(21)20(17)23/h6,8-9,13,16,19,22,24H,4-5,7,10-12H2,1-3H3/t13-,16-,19-/m0/s1. The van der Waals surface area contributed by atoms with Crippen LogP contribution in [0.3, 0.4) is 0 Å². The number of aliphatic hydroxyl groups is 1. The molecular weight excluding hydrogens is 320 g/mol. The van der Waals surface area contributed by atoms with E-state index in [4.69, 9.17) is 11.6 Å². The summed E-state index contributed by atoms with van der Waals surface area (Å²) in [5, 5.41) is 16.1. The summed E-state index contributed by atoms with van der Waals surface area (Å²) in [5.74, 6) is 0.705. The first-order valence-electron chi connectivity index (χ1n) is 9.14. The molecule has 0 amide bonds. The average Bonchev–Trinajstić information content (AvgIpc) is 2.80. The number of fused-ring (bicyclic) bond motifs is 1. The molecule has 2 N–H and O–H groups in total. The van der Waals surface area contributed by atoms with E-state index in [2.05, 4.69) is 36.7 Å². The second kappa shape index (κ2) is 7.47. The first-order valence-corrected chi connectivity index (χ1v) is 9.52. The van der Waals surface area contributed by atoms with Crippen LogP contribution >= 0.6 is 11.6 Å². The van der Waals surface area contributed by atoms with E-state index in [1.807, 2.05) is 12.1 Å². The maximum atomic E-state index is 10.6. The van der Waals surface area contributed by atoms with Crippen LogP contribution in [0.15, 0.2) is 18.2 Å². The Balaban J connectivity index is 1.71. The van der Waals surface area contributed by atoms with Gasteiger partial charge >= 0.3 is 0 Å². The molecule has 0 saturated heterocycles. The Hall–Kier alpha value is -1.03. The first-order chi connectivity index (χ1) is 11.5. The molecule has 2 aromatic rings. The Kier molecular flexibility index (Phi) is 5.53. The monoisotopic (exact) mass is 348 g/mol. The number of hydrogen-bond donors (Lipinski definition) is 2. The van der Waals surface area contributed by atoms with Crippen LogP contribution in [0.1, 0.15) is 43.9 Å². The Morgan fingerprint density at radius 1 is 1.29 bits per heavy atom. The van der Waals surface area contributed by atoms with Gasteiger partial charge in [0.25, 0.3) is 0 Å². The summed E-state index contributed by atoms with van der Waals surface area (Å²) in [4.78, 5) is 0. The fourth-order valence-electron chi connectivity index (χ4n) is 4.07. The van der Waals surface area contributed by atoms with E-state index in [9.17, 15) is 5.11 Å². The molecule has 1 fully saturated rings. The van der Waals surface area contributed by atoms with Crippen LogP contribution in [-0.2, 0) is 6.54 Å². The molecular formula is C20H29ClN2O. The molecule has 0 aliphatic heterocycles. The quantitative estimate of drug-likeness (QED) is 0.838. The zero-order valence-corrected chi connectivity index (χ0v) is 15.7. The van der Waals surface area contributed by atoms with Gasteiger partial charge in [-0.05, 0) is 44.2 Å². The van der Waals surface area contributed by atoms with Crippen molar-refractivity contribution in [3.63, 3.8) is 0 Å². The summed E-state index contributed by atoms with van der Waals surface area (Å²) in [6, 6.07) is 6.56. The van der Waals surface area contributed by atoms with Gasteiger partial charge in [0.2, 0.25) is 0 Å². The van der Waals surface area contributed by atoms with E-state index in [0.717, 1.165) is 10.5 Å². The van der Waals surface area contributed by atoms with Crippen molar-refractivity contribution in [2.24, 2.45) is 5.92 Å². The van der Waals surface area contributed by atoms with Crippen molar-refractivity contribution in [3.05, 3.63) is 34.5 Å². The van der Waals surface area contributed by atoms with Crippen molar-refractivity contribution in [1.82, 2.24) is 9.88 Å². The molecule has 0 unspecified atom stereocenters. The highest BCUT2D eigenvalue weighted by Gasteiger charge is 2.22. The van der Waals surface area contributed by atoms with Crippen LogP contribution < -0.4 is 5.32 Å². The molecule has 1 saturated carbocycles. The van der Waals surface area contributed by atoms with Crippen molar-refractivity contribution in [3.8, 4) is 0 Å². The molecule has 3 rings (SSSR count). The van der Waals surface area contributed by atoms with Crippen LogP contribution in [0.25, 0.3) is 10.9 Å². The van der Waals surface area contributed by atoms with E-state index < -0.39 is 6.10 Å². The van der Waals surface area contributed by atoms with E-state index in [0.29, 0.717) is 25.0 Å². The number of aryl methyl sites for hydroxylation is 1. The largest absolute Gasteiger partial charge is 0.390 e. The lowest BCUT2D eigenvalue weighted by Crippen LogP contribution is -2.42. The third-order valence-electron chi connectivity index (χ3n) is 5.73. The normalized spacial score (nSPS) is 22.9. The number of nitrogens with zero attached hydrogens (tertiary/aromatic N) is 1. The van der Waals surface area contributed by atoms with E-state index in [-0.39, 0.29) is 0 Å². The van der Waals surface area contributed by atoms with Crippen molar-refractivity contribution in [2.45, 2.75) is 65.1 Å². The van der Waals surface area contributed by atoms with E-state index in [1.54, 1.807) is 0 Å². The maximum absolute atomic E-state index is 10.6. The molecule has 0 spiro atoms. The van der Waals surface area contributed by atoms with Crippen molar-refractivity contribution >= 4 is 22.5 Å². The topological polar surface area (TPSA) is 37.2 Å². The van der Waals surface area contributed by atoms with Crippen molar-refractivity contribution < 1.29 is 5.11 Å². The van der Waals surface area contributed by atoms with Crippen LogP contribution in [0.4, 0.5) is 0 Å². The van der Waals surface area contributed by atoms with Gasteiger partial charge in [-0.1, -0.05) is 43.5 Å². The van der Waals surface area contributed by atoms with Crippen molar-refractivity contribution in [1.29, 1.82) is 0 Å². The van der Waals surface area contributed by atoms with Gasteiger partial charge in [0.1, 0.15) is 0 Å². The predicted octanol–water partition coefficient (Wildman–Crippen LogP) is 4.44. The molecule has 1 aromatic carbocycles. The Labute approximate surface area is 150 Å². The minimum atomic E-state index is -0.413. The molecule has 3 atom stereocenters. The van der Waals surface area contributed by atoms with Gasteiger partial charge in [-0.2, -0.15) is 0 Å². The molecule has 0 radical (unpaired) electrons. The minimum absolute atomic E-state index is 0.413. The van der Waals surface area contributed by atoms with E-state index >= 15 is 0 Å². The molecule has 132 valence electrons. The third-order valence-corrected chi connectivity index (χ3v) is 6.03. The number of rotatable bonds is 5. The molecule has 24 heavy (non-hydrogen) atoms. The summed E-state index contributed by atoms with van der Waals surface area (Å²) >= 11 is 6.43. The van der Waals surface area contributed by atoms with Gasteiger partial charge in [-0.3, -0.25) is 0 Å². The van der Waals surface area contributed by atoms with Crippen LogP contribution in [-0.4, -0.2) is 28.4 Å². The fraction of sp³-hybridized carbons (Fsp3) is 0.600. The SMILES string of the molecule is Cc1c(C)n(C[C@@H](O)CN[C@H]2CCCC[C@@H]2C)c2c(Cl)cccc12. The van der Waals surface area contributed by atoms with Gasteiger partial charge in [0, 0.05) is 23.7 Å². The Morgan fingerprint density at radius 2 is 2.04 bits per heavy atom. The summed E-state index contributed by atoms with van der Waals surface area (Å²) in [5.41, 5.74) is 3.47. The molecule has 4 heteroatoms. The molecule has 1 aliphatic rings. The lowest BCUT2D eigenvalue weighted by molar-refractivity contribution is 0.139. The molecule has 1 heterocycles. The van der Waals surface area contributed by atoms with Crippen molar-refractivity contribution in [2.75, 3.05) is 6.54 Å². The number of benzene rings is 1.